The Bertz CT molecular complexity index is 531. The number of halogens is 1. The number of carbonyl (C=O) groups excluding carboxylic acids is 1. The number of esters is 1. The second kappa shape index (κ2) is 13.9. The molecule has 1 heterocycles. The average molecular weight is 465 g/mol. The molecule has 0 aliphatic rings. The van der Waals surface area contributed by atoms with Crippen LogP contribution >= 0.6 is 24.0 Å². The molecule has 0 bridgehead atoms. The zero-order chi connectivity index (χ0) is 17.8. The highest BCUT2D eigenvalue weighted by molar-refractivity contribution is 14.0. The number of aliphatic imine (C=N–C) groups is 1. The first kappa shape index (κ1) is 23.7. The van der Waals surface area contributed by atoms with Gasteiger partial charge < -0.3 is 15.4 Å². The van der Waals surface area contributed by atoms with Crippen molar-refractivity contribution in [2.24, 2.45) is 4.99 Å². The van der Waals surface area contributed by atoms with Gasteiger partial charge in [0.25, 0.3) is 0 Å². The zero-order valence-corrected chi connectivity index (χ0v) is 18.1. The highest BCUT2D eigenvalue weighted by atomic mass is 127. The maximum Gasteiger partial charge on any atom is 0.305 e. The predicted octanol–water partition coefficient (Wildman–Crippen LogP) is 2.41. The zero-order valence-electron chi connectivity index (χ0n) is 15.8. The van der Waals surface area contributed by atoms with Crippen LogP contribution in [0.25, 0.3) is 0 Å². The summed E-state index contributed by atoms with van der Waals surface area (Å²) < 4.78 is 6.93. The van der Waals surface area contributed by atoms with E-state index in [1.165, 1.54) is 5.69 Å². The van der Waals surface area contributed by atoms with Gasteiger partial charge in [0.05, 0.1) is 12.3 Å². The van der Waals surface area contributed by atoms with E-state index in [0.717, 1.165) is 44.1 Å². The average Bonchev–Trinajstić information content (AvgIpc) is 2.86. The molecule has 0 aromatic carbocycles. The minimum atomic E-state index is -0.147. The summed E-state index contributed by atoms with van der Waals surface area (Å²) >= 11 is 0. The molecule has 1 aromatic rings. The summed E-state index contributed by atoms with van der Waals surface area (Å²) in [5.41, 5.74) is 2.23. The van der Waals surface area contributed by atoms with Gasteiger partial charge >= 0.3 is 5.97 Å². The lowest BCUT2D eigenvalue weighted by Gasteiger charge is -2.11. The lowest BCUT2D eigenvalue weighted by molar-refractivity contribution is -0.143. The number of nitrogens with one attached hydrogen (secondary N) is 2. The number of hydrogen-bond acceptors (Lipinski definition) is 4. The second-order valence-corrected chi connectivity index (χ2v) is 5.60. The van der Waals surface area contributed by atoms with Crippen LogP contribution in [-0.4, -0.2) is 48.0 Å². The summed E-state index contributed by atoms with van der Waals surface area (Å²) in [4.78, 5) is 15.8. The quantitative estimate of drug-likeness (QED) is 0.182. The Labute approximate surface area is 168 Å². The standard InChI is InChI=1S/C17H31N5O2.HI/c1-5-18-17(19-10-7-9-16(23)24-6-2)20-11-8-12-22-15(4)13-14(3)21-22;/h13H,5-12H2,1-4H3,(H2,18,19,20);1H. The first-order chi connectivity index (χ1) is 11.6. The van der Waals surface area contributed by atoms with E-state index in [1.54, 1.807) is 0 Å². The number of rotatable bonds is 10. The molecule has 0 unspecified atom stereocenters. The lowest BCUT2D eigenvalue weighted by atomic mass is 10.3. The van der Waals surface area contributed by atoms with Crippen LogP contribution in [0.15, 0.2) is 11.1 Å². The molecule has 0 saturated carbocycles. The monoisotopic (exact) mass is 465 g/mol. The number of carbonyl (C=O) groups is 1. The van der Waals surface area contributed by atoms with Crippen molar-refractivity contribution in [1.82, 2.24) is 20.4 Å². The molecule has 0 amide bonds. The van der Waals surface area contributed by atoms with E-state index in [9.17, 15) is 4.79 Å². The summed E-state index contributed by atoms with van der Waals surface area (Å²) in [6.45, 7) is 11.5. The summed E-state index contributed by atoms with van der Waals surface area (Å²) in [5, 5.41) is 10.9. The number of aryl methyl sites for hydroxylation is 3. The molecule has 0 fully saturated rings. The van der Waals surface area contributed by atoms with Gasteiger partial charge in [0, 0.05) is 38.3 Å². The summed E-state index contributed by atoms with van der Waals surface area (Å²) in [7, 11) is 0. The minimum absolute atomic E-state index is 0. The minimum Gasteiger partial charge on any atom is -0.466 e. The van der Waals surface area contributed by atoms with Crippen molar-refractivity contribution in [3.8, 4) is 0 Å². The van der Waals surface area contributed by atoms with Gasteiger partial charge in [-0.2, -0.15) is 5.10 Å². The van der Waals surface area contributed by atoms with Gasteiger partial charge in [-0.15, -0.1) is 24.0 Å². The largest absolute Gasteiger partial charge is 0.466 e. The Morgan fingerprint density at radius 1 is 1.28 bits per heavy atom. The van der Waals surface area contributed by atoms with Crippen LogP contribution in [-0.2, 0) is 16.1 Å². The van der Waals surface area contributed by atoms with Crippen molar-refractivity contribution in [1.29, 1.82) is 0 Å². The Hall–Kier alpha value is -1.32. The van der Waals surface area contributed by atoms with Crippen LogP contribution in [0.2, 0.25) is 0 Å². The molecule has 0 saturated heterocycles. The molecular weight excluding hydrogens is 433 g/mol. The van der Waals surface area contributed by atoms with Crippen molar-refractivity contribution in [2.45, 2.75) is 53.5 Å². The fraction of sp³-hybridized carbons (Fsp3) is 0.706. The topological polar surface area (TPSA) is 80.5 Å². The predicted molar refractivity (Wildman–Crippen MR) is 112 cm³/mol. The second-order valence-electron chi connectivity index (χ2n) is 5.60. The number of guanidine groups is 1. The molecule has 8 heteroatoms. The van der Waals surface area contributed by atoms with E-state index in [2.05, 4.69) is 33.7 Å². The van der Waals surface area contributed by atoms with Crippen molar-refractivity contribution >= 4 is 35.9 Å². The normalized spacial score (nSPS) is 11.0. The van der Waals surface area contributed by atoms with Crippen molar-refractivity contribution in [2.75, 3.05) is 26.2 Å². The molecule has 144 valence electrons. The molecule has 2 N–H and O–H groups in total. The Morgan fingerprint density at radius 2 is 2.04 bits per heavy atom. The van der Waals surface area contributed by atoms with Crippen LogP contribution in [0.1, 0.15) is 44.5 Å². The SMILES string of the molecule is CCNC(=NCCCn1nc(C)cc1C)NCCCC(=O)OCC.I. The van der Waals surface area contributed by atoms with Gasteiger partial charge in [0.1, 0.15) is 0 Å². The molecular formula is C17H32IN5O2. The molecule has 1 rings (SSSR count). The third kappa shape index (κ3) is 10.3. The van der Waals surface area contributed by atoms with Gasteiger partial charge in [-0.1, -0.05) is 0 Å². The smallest absolute Gasteiger partial charge is 0.305 e. The summed E-state index contributed by atoms with van der Waals surface area (Å²) in [6.07, 6.45) is 2.09. The molecule has 0 spiro atoms. The number of nitrogens with zero attached hydrogens (tertiary/aromatic N) is 3. The maximum atomic E-state index is 11.3. The first-order valence-corrected chi connectivity index (χ1v) is 8.75. The van der Waals surface area contributed by atoms with Gasteiger partial charge in [0.2, 0.25) is 0 Å². The Morgan fingerprint density at radius 3 is 2.64 bits per heavy atom. The van der Waals surface area contributed by atoms with E-state index in [1.807, 2.05) is 25.5 Å². The molecule has 0 aliphatic heterocycles. The molecule has 25 heavy (non-hydrogen) atoms. The molecule has 0 aliphatic carbocycles. The number of ether oxygens (including phenoxy) is 1. The fourth-order valence-electron chi connectivity index (χ4n) is 2.33. The van der Waals surface area contributed by atoms with Crippen molar-refractivity contribution < 1.29 is 9.53 Å². The number of aromatic nitrogens is 2. The third-order valence-electron chi connectivity index (χ3n) is 3.40. The van der Waals surface area contributed by atoms with E-state index >= 15 is 0 Å². The summed E-state index contributed by atoms with van der Waals surface area (Å²) in [5.74, 6) is 0.640. The molecule has 0 atom stereocenters. The van der Waals surface area contributed by atoms with Gasteiger partial charge in [-0.3, -0.25) is 14.5 Å². The maximum absolute atomic E-state index is 11.3. The van der Waals surface area contributed by atoms with Crippen LogP contribution < -0.4 is 10.6 Å². The molecule has 1 aromatic heterocycles. The fourth-order valence-corrected chi connectivity index (χ4v) is 2.33. The van der Waals surface area contributed by atoms with Crippen LogP contribution in [0.3, 0.4) is 0 Å². The van der Waals surface area contributed by atoms with Crippen LogP contribution in [0, 0.1) is 13.8 Å². The van der Waals surface area contributed by atoms with Crippen molar-refractivity contribution in [3.63, 3.8) is 0 Å². The van der Waals surface area contributed by atoms with Gasteiger partial charge in [-0.25, -0.2) is 0 Å². The first-order valence-electron chi connectivity index (χ1n) is 8.75. The highest BCUT2D eigenvalue weighted by Crippen LogP contribution is 2.02. The van der Waals surface area contributed by atoms with Crippen molar-refractivity contribution in [3.05, 3.63) is 17.5 Å². The van der Waals surface area contributed by atoms with Gasteiger partial charge in [0.15, 0.2) is 5.96 Å². The van der Waals surface area contributed by atoms with E-state index < -0.39 is 0 Å². The number of hydrogen-bond donors (Lipinski definition) is 2. The van der Waals surface area contributed by atoms with Crippen LogP contribution in [0.5, 0.6) is 0 Å². The van der Waals surface area contributed by atoms with Gasteiger partial charge in [-0.05, 0) is 46.6 Å². The third-order valence-corrected chi connectivity index (χ3v) is 3.40. The van der Waals surface area contributed by atoms with Crippen LogP contribution in [0.4, 0.5) is 0 Å². The lowest BCUT2D eigenvalue weighted by Crippen LogP contribution is -2.38. The Balaban J connectivity index is 0.00000576. The Kier molecular flexibility index (Phi) is 13.2. The molecule has 7 nitrogen and oxygen atoms in total. The van der Waals surface area contributed by atoms with E-state index in [0.29, 0.717) is 19.6 Å². The van der Waals surface area contributed by atoms with E-state index in [4.69, 9.17) is 4.74 Å². The van der Waals surface area contributed by atoms with E-state index in [-0.39, 0.29) is 29.9 Å². The highest BCUT2D eigenvalue weighted by Gasteiger charge is 2.03. The molecule has 0 radical (unpaired) electrons. The summed E-state index contributed by atoms with van der Waals surface area (Å²) in [6, 6.07) is 2.08.